The fourth-order valence-corrected chi connectivity index (χ4v) is 3.12. The molecule has 1 fully saturated rings. The fourth-order valence-electron chi connectivity index (χ4n) is 3.12. The molecule has 1 amide bonds. The molecule has 0 saturated carbocycles. The van der Waals surface area contributed by atoms with E-state index in [1.807, 2.05) is 13.8 Å². The number of hydrogen-bond donors (Lipinski definition) is 1. The van der Waals surface area contributed by atoms with Crippen molar-refractivity contribution in [3.05, 3.63) is 23.8 Å². The number of piperidine rings is 1. The van der Waals surface area contributed by atoms with Gasteiger partial charge < -0.3 is 9.47 Å². The quantitative estimate of drug-likeness (QED) is 0.918. The number of amides is 1. The molecule has 3 rings (SSSR count). The summed E-state index contributed by atoms with van der Waals surface area (Å²) in [7, 11) is 0. The highest BCUT2D eigenvalue weighted by atomic mass is 16.6. The van der Waals surface area contributed by atoms with Crippen molar-refractivity contribution in [1.29, 1.82) is 0 Å². The summed E-state index contributed by atoms with van der Waals surface area (Å²) in [5.74, 6) is 0.561. The van der Waals surface area contributed by atoms with E-state index in [4.69, 9.17) is 9.47 Å². The first kappa shape index (κ1) is 16.8. The molecule has 0 aliphatic carbocycles. The zero-order chi connectivity index (χ0) is 17.2. The summed E-state index contributed by atoms with van der Waals surface area (Å²) in [5.41, 5.74) is 0.585. The lowest BCUT2D eigenvalue weighted by molar-refractivity contribution is 0.0620. The van der Waals surface area contributed by atoms with Gasteiger partial charge in [0.1, 0.15) is 18.1 Å². The topological polar surface area (TPSA) is 67.9 Å². The number of rotatable bonds is 3. The van der Waals surface area contributed by atoms with Gasteiger partial charge in [0.15, 0.2) is 5.78 Å². The van der Waals surface area contributed by atoms with E-state index in [0.29, 0.717) is 30.2 Å². The molecule has 0 unspecified atom stereocenters. The van der Waals surface area contributed by atoms with Crippen LogP contribution in [0, 0.1) is 0 Å². The van der Waals surface area contributed by atoms with Crippen LogP contribution in [0.2, 0.25) is 0 Å². The molecule has 2 aliphatic rings. The van der Waals surface area contributed by atoms with Crippen molar-refractivity contribution >= 4 is 17.6 Å². The molecule has 0 atom stereocenters. The third-order valence-electron chi connectivity index (χ3n) is 4.33. The zero-order valence-corrected chi connectivity index (χ0v) is 14.3. The molecule has 0 spiro atoms. The number of ketones is 1. The Hall–Kier alpha value is -2.08. The van der Waals surface area contributed by atoms with E-state index in [1.54, 1.807) is 18.2 Å². The van der Waals surface area contributed by atoms with Gasteiger partial charge >= 0.3 is 6.09 Å². The first-order valence-corrected chi connectivity index (χ1v) is 8.45. The highest BCUT2D eigenvalue weighted by Gasteiger charge is 2.32. The Bertz CT molecular complexity index is 636. The summed E-state index contributed by atoms with van der Waals surface area (Å²) in [4.78, 5) is 26.2. The normalized spacial score (nSPS) is 20.0. The van der Waals surface area contributed by atoms with Gasteiger partial charge in [-0.1, -0.05) is 6.42 Å². The van der Waals surface area contributed by atoms with Crippen LogP contribution in [0.5, 0.6) is 5.75 Å². The van der Waals surface area contributed by atoms with Gasteiger partial charge in [0.25, 0.3) is 0 Å². The number of nitrogens with one attached hydrogen (secondary N) is 1. The maximum atomic E-state index is 12.1. The molecule has 1 N–H and O–H groups in total. The molecule has 2 aliphatic heterocycles. The number of benzene rings is 1. The monoisotopic (exact) mass is 332 g/mol. The van der Waals surface area contributed by atoms with Gasteiger partial charge in [-0.15, -0.1) is 0 Å². The molecule has 1 aromatic carbocycles. The van der Waals surface area contributed by atoms with Gasteiger partial charge in [0, 0.05) is 24.8 Å². The molecular weight excluding hydrogens is 308 g/mol. The molecule has 0 bridgehead atoms. The van der Waals surface area contributed by atoms with Crippen LogP contribution in [-0.4, -0.2) is 42.2 Å². The van der Waals surface area contributed by atoms with Crippen LogP contribution >= 0.6 is 0 Å². The second-order valence-corrected chi connectivity index (χ2v) is 7.04. The lowest BCUT2D eigenvalue weighted by Crippen LogP contribution is -2.36. The van der Waals surface area contributed by atoms with E-state index in [-0.39, 0.29) is 5.78 Å². The largest absolute Gasteiger partial charge is 0.487 e. The third-order valence-corrected chi connectivity index (χ3v) is 4.33. The van der Waals surface area contributed by atoms with E-state index < -0.39 is 11.7 Å². The van der Waals surface area contributed by atoms with Crippen LogP contribution in [-0.2, 0) is 4.74 Å². The number of carbonyl (C=O) groups excluding carboxylic acids is 2. The first-order valence-electron chi connectivity index (χ1n) is 8.45. The van der Waals surface area contributed by atoms with Gasteiger partial charge in [-0.25, -0.2) is 4.79 Å². The standard InChI is InChI=1S/C18H24N2O4/c1-18(2)11-15(21)14-7-6-13(10-16(14)24-18)19-17(22)23-12-20-8-4-3-5-9-20/h6-7,10H,3-5,8-9,11-12H2,1-2H3,(H,19,22). The Morgan fingerprint density at radius 2 is 2.04 bits per heavy atom. The van der Waals surface area contributed by atoms with Gasteiger partial charge in [0.2, 0.25) is 0 Å². The molecule has 1 aromatic rings. The molecule has 0 radical (unpaired) electrons. The van der Waals surface area contributed by atoms with Crippen molar-refractivity contribution in [3.8, 4) is 5.75 Å². The van der Waals surface area contributed by atoms with E-state index in [9.17, 15) is 9.59 Å². The summed E-state index contributed by atoms with van der Waals surface area (Å²) in [6.45, 7) is 5.99. The number of ether oxygens (including phenoxy) is 2. The van der Waals surface area contributed by atoms with E-state index in [2.05, 4.69) is 10.2 Å². The summed E-state index contributed by atoms with van der Waals surface area (Å²) < 4.78 is 11.1. The average Bonchev–Trinajstić information content (AvgIpc) is 2.52. The lowest BCUT2D eigenvalue weighted by atomic mass is 9.93. The number of carbonyl (C=O) groups is 2. The van der Waals surface area contributed by atoms with Gasteiger partial charge in [-0.05, 0) is 38.8 Å². The zero-order valence-electron chi connectivity index (χ0n) is 14.3. The minimum absolute atomic E-state index is 0.0560. The number of likely N-dealkylation sites (tertiary alicyclic amines) is 1. The Balaban J connectivity index is 1.59. The summed E-state index contributed by atoms with van der Waals surface area (Å²) in [5, 5.41) is 2.69. The summed E-state index contributed by atoms with van der Waals surface area (Å²) in [6.07, 6.45) is 3.40. The number of hydrogen-bond acceptors (Lipinski definition) is 5. The Morgan fingerprint density at radius 3 is 2.79 bits per heavy atom. The van der Waals surface area contributed by atoms with Crippen molar-refractivity contribution in [3.63, 3.8) is 0 Å². The molecular formula is C18H24N2O4. The van der Waals surface area contributed by atoms with Crippen LogP contribution in [0.4, 0.5) is 10.5 Å². The minimum Gasteiger partial charge on any atom is -0.487 e. The molecule has 6 heteroatoms. The predicted molar refractivity (Wildman–Crippen MR) is 90.5 cm³/mol. The summed E-state index contributed by atoms with van der Waals surface area (Å²) in [6, 6.07) is 5.06. The second kappa shape index (κ2) is 6.81. The highest BCUT2D eigenvalue weighted by Crippen LogP contribution is 2.34. The van der Waals surface area contributed by atoms with Gasteiger partial charge in [-0.3, -0.25) is 15.0 Å². The summed E-state index contributed by atoms with van der Waals surface area (Å²) >= 11 is 0. The number of Topliss-reactive ketones (excluding diaryl/α,β-unsaturated/α-hetero) is 1. The van der Waals surface area contributed by atoms with Crippen LogP contribution < -0.4 is 10.1 Å². The smallest absolute Gasteiger partial charge is 0.412 e. The Morgan fingerprint density at radius 1 is 1.29 bits per heavy atom. The molecule has 0 aromatic heterocycles. The maximum Gasteiger partial charge on any atom is 0.412 e. The van der Waals surface area contributed by atoms with Crippen LogP contribution in [0.3, 0.4) is 0 Å². The van der Waals surface area contributed by atoms with Crippen molar-refractivity contribution < 1.29 is 19.1 Å². The van der Waals surface area contributed by atoms with Crippen molar-refractivity contribution in [2.75, 3.05) is 25.1 Å². The van der Waals surface area contributed by atoms with E-state index in [1.165, 1.54) is 6.42 Å². The first-order chi connectivity index (χ1) is 11.4. The van der Waals surface area contributed by atoms with E-state index >= 15 is 0 Å². The molecule has 6 nitrogen and oxygen atoms in total. The van der Waals surface area contributed by atoms with Crippen LogP contribution in [0.25, 0.3) is 0 Å². The molecule has 130 valence electrons. The van der Waals surface area contributed by atoms with Gasteiger partial charge in [-0.2, -0.15) is 0 Å². The van der Waals surface area contributed by atoms with Crippen LogP contribution in [0.15, 0.2) is 18.2 Å². The SMILES string of the molecule is CC1(C)CC(=O)c2ccc(NC(=O)OCN3CCCCC3)cc2O1. The third kappa shape index (κ3) is 4.06. The Kier molecular flexibility index (Phi) is 4.76. The molecule has 1 saturated heterocycles. The molecule has 2 heterocycles. The predicted octanol–water partition coefficient (Wildman–Crippen LogP) is 3.42. The second-order valence-electron chi connectivity index (χ2n) is 7.04. The lowest BCUT2D eigenvalue weighted by Gasteiger charge is -2.31. The number of nitrogens with zero attached hydrogens (tertiary/aromatic N) is 1. The highest BCUT2D eigenvalue weighted by molar-refractivity contribution is 6.01. The number of fused-ring (bicyclic) bond motifs is 1. The Labute approximate surface area is 142 Å². The fraction of sp³-hybridized carbons (Fsp3) is 0.556. The minimum atomic E-state index is -0.530. The molecule has 24 heavy (non-hydrogen) atoms. The van der Waals surface area contributed by atoms with Gasteiger partial charge in [0.05, 0.1) is 12.0 Å². The van der Waals surface area contributed by atoms with Crippen molar-refractivity contribution in [2.24, 2.45) is 0 Å². The van der Waals surface area contributed by atoms with Crippen molar-refractivity contribution in [1.82, 2.24) is 4.90 Å². The average molecular weight is 332 g/mol. The van der Waals surface area contributed by atoms with Crippen LogP contribution in [0.1, 0.15) is 49.9 Å². The maximum absolute atomic E-state index is 12.1. The van der Waals surface area contributed by atoms with Crippen molar-refractivity contribution in [2.45, 2.75) is 45.1 Å². The van der Waals surface area contributed by atoms with E-state index in [0.717, 1.165) is 25.9 Å². The number of anilines is 1.